The summed E-state index contributed by atoms with van der Waals surface area (Å²) in [4.78, 5) is 21.2. The lowest BCUT2D eigenvalue weighted by Crippen LogP contribution is -2.05. The summed E-state index contributed by atoms with van der Waals surface area (Å²) < 4.78 is 0. The van der Waals surface area contributed by atoms with Crippen molar-refractivity contribution < 1.29 is 14.7 Å². The van der Waals surface area contributed by atoms with E-state index < -0.39 is 11.9 Å². The second-order valence-corrected chi connectivity index (χ2v) is 3.03. The van der Waals surface area contributed by atoms with Crippen LogP contribution in [0.15, 0.2) is 11.4 Å². The Hall–Kier alpha value is -1.80. The predicted octanol–water partition coefficient (Wildman–Crippen LogP) is 0.283. The molecule has 1 amide bonds. The van der Waals surface area contributed by atoms with Gasteiger partial charge in [0.1, 0.15) is 0 Å². The summed E-state index contributed by atoms with van der Waals surface area (Å²) in [5.74, 6) is 2.83. The number of carbonyl (C=O) groups excluding carboxylic acids is 1. The fourth-order valence-electron chi connectivity index (χ4n) is 0.637. The van der Waals surface area contributed by atoms with Crippen molar-refractivity contribution in [2.45, 2.75) is 0 Å². The zero-order valence-corrected chi connectivity index (χ0v) is 7.22. The van der Waals surface area contributed by atoms with Gasteiger partial charge in [-0.05, 0) is 12.0 Å². The number of carbonyl (C=O) groups is 2. The zero-order valence-electron chi connectivity index (χ0n) is 6.40. The third-order valence-corrected chi connectivity index (χ3v) is 2.00. The maximum Gasteiger partial charge on any atom is 0.336 e. The van der Waals surface area contributed by atoms with Gasteiger partial charge in [-0.25, -0.2) is 4.79 Å². The molecule has 13 heavy (non-hydrogen) atoms. The molecule has 0 unspecified atom stereocenters. The highest BCUT2D eigenvalue weighted by molar-refractivity contribution is 7.10. The molecule has 0 spiro atoms. The molecule has 1 aromatic heterocycles. The summed E-state index contributed by atoms with van der Waals surface area (Å²) in [7, 11) is 0. The normalized spacial score (nSPS) is 8.62. The first-order valence-electron chi connectivity index (χ1n) is 3.23. The van der Waals surface area contributed by atoms with Crippen molar-refractivity contribution in [2.75, 3.05) is 0 Å². The van der Waals surface area contributed by atoms with E-state index in [9.17, 15) is 9.59 Å². The summed E-state index contributed by atoms with van der Waals surface area (Å²) in [6.45, 7) is 0. The van der Waals surface area contributed by atoms with Crippen LogP contribution in [0.5, 0.6) is 0 Å². The fourth-order valence-corrected chi connectivity index (χ4v) is 1.36. The topological polar surface area (TPSA) is 80.4 Å². The van der Waals surface area contributed by atoms with Crippen LogP contribution in [0.25, 0.3) is 0 Å². The van der Waals surface area contributed by atoms with Crippen LogP contribution in [0.3, 0.4) is 0 Å². The minimum absolute atomic E-state index is 0.166. The Labute approximate surface area is 78.0 Å². The number of primary amides is 1. The molecular formula is C8H5NO3S. The largest absolute Gasteiger partial charge is 0.478 e. The monoisotopic (exact) mass is 195 g/mol. The molecule has 5 heteroatoms. The van der Waals surface area contributed by atoms with Crippen LogP contribution in [-0.4, -0.2) is 17.0 Å². The van der Waals surface area contributed by atoms with Gasteiger partial charge in [0, 0.05) is 11.3 Å². The standard InChI is InChI=1S/C8H5NO3S/c9-7(10)2-1-6-3-5(4-13-6)8(11)12/h3-4H,(H2,9,10)(H,11,12). The van der Waals surface area contributed by atoms with Crippen LogP contribution in [0.2, 0.25) is 0 Å². The van der Waals surface area contributed by atoms with E-state index in [1.54, 1.807) is 0 Å². The highest BCUT2D eigenvalue weighted by atomic mass is 32.1. The van der Waals surface area contributed by atoms with Crippen molar-refractivity contribution >= 4 is 23.2 Å². The lowest BCUT2D eigenvalue weighted by atomic mass is 10.3. The first-order valence-corrected chi connectivity index (χ1v) is 4.11. The molecule has 66 valence electrons. The van der Waals surface area contributed by atoms with Gasteiger partial charge >= 0.3 is 5.97 Å². The van der Waals surface area contributed by atoms with Gasteiger partial charge in [0.15, 0.2) is 0 Å². The summed E-state index contributed by atoms with van der Waals surface area (Å²) in [6.07, 6.45) is 0. The van der Waals surface area contributed by atoms with Crippen LogP contribution in [-0.2, 0) is 4.79 Å². The maximum atomic E-state index is 10.4. The minimum Gasteiger partial charge on any atom is -0.478 e. The van der Waals surface area contributed by atoms with Gasteiger partial charge < -0.3 is 10.8 Å². The molecule has 4 nitrogen and oxygen atoms in total. The molecule has 1 rings (SSSR count). The molecule has 0 aliphatic rings. The van der Waals surface area contributed by atoms with Crippen LogP contribution in [0, 0.1) is 11.8 Å². The number of aromatic carboxylic acids is 1. The Morgan fingerprint density at radius 1 is 1.54 bits per heavy atom. The van der Waals surface area contributed by atoms with E-state index in [0.29, 0.717) is 4.88 Å². The van der Waals surface area contributed by atoms with E-state index in [2.05, 4.69) is 11.8 Å². The average Bonchev–Trinajstić information content (AvgIpc) is 2.48. The summed E-state index contributed by atoms with van der Waals surface area (Å²) in [6, 6.07) is 1.39. The van der Waals surface area contributed by atoms with Crippen LogP contribution in [0.1, 0.15) is 15.2 Å². The molecule has 1 heterocycles. The number of hydrogen-bond donors (Lipinski definition) is 2. The molecule has 3 N–H and O–H groups in total. The van der Waals surface area contributed by atoms with Gasteiger partial charge in [-0.15, -0.1) is 11.3 Å². The highest BCUT2D eigenvalue weighted by Gasteiger charge is 2.04. The first-order chi connectivity index (χ1) is 6.09. The van der Waals surface area contributed by atoms with Gasteiger partial charge in [-0.3, -0.25) is 4.79 Å². The second-order valence-electron chi connectivity index (χ2n) is 2.12. The van der Waals surface area contributed by atoms with E-state index in [4.69, 9.17) is 10.8 Å². The molecule has 0 aliphatic heterocycles. The Bertz CT molecular complexity index is 411. The number of hydrogen-bond acceptors (Lipinski definition) is 3. The summed E-state index contributed by atoms with van der Waals surface area (Å²) in [5, 5.41) is 9.99. The molecule has 0 atom stereocenters. The Morgan fingerprint density at radius 3 is 2.69 bits per heavy atom. The maximum absolute atomic E-state index is 10.4. The van der Waals surface area contributed by atoms with Crippen molar-refractivity contribution in [1.29, 1.82) is 0 Å². The molecule has 0 saturated carbocycles. The predicted molar refractivity (Wildman–Crippen MR) is 47.4 cm³/mol. The quantitative estimate of drug-likeness (QED) is 0.632. The Morgan fingerprint density at radius 2 is 2.23 bits per heavy atom. The van der Waals surface area contributed by atoms with Gasteiger partial charge in [0.25, 0.3) is 5.91 Å². The lowest BCUT2D eigenvalue weighted by molar-refractivity contribution is -0.112. The molecule has 0 saturated heterocycles. The lowest BCUT2D eigenvalue weighted by Gasteiger charge is -1.80. The molecule has 1 aromatic rings. The second kappa shape index (κ2) is 3.74. The Balaban J connectivity index is 2.89. The number of amides is 1. The smallest absolute Gasteiger partial charge is 0.336 e. The van der Waals surface area contributed by atoms with Gasteiger partial charge in [0.2, 0.25) is 0 Å². The van der Waals surface area contributed by atoms with E-state index in [0.717, 1.165) is 11.3 Å². The van der Waals surface area contributed by atoms with Crippen LogP contribution < -0.4 is 5.73 Å². The Kier molecular flexibility index (Phi) is 2.67. The van der Waals surface area contributed by atoms with Crippen LogP contribution in [0.4, 0.5) is 0 Å². The minimum atomic E-state index is -1.01. The SMILES string of the molecule is NC(=O)C#Cc1cc(C(=O)O)cs1. The van der Waals surface area contributed by atoms with E-state index >= 15 is 0 Å². The van der Waals surface area contributed by atoms with Crippen molar-refractivity contribution in [2.24, 2.45) is 5.73 Å². The van der Waals surface area contributed by atoms with E-state index in [1.807, 2.05) is 0 Å². The molecule has 0 bridgehead atoms. The number of carboxylic acids is 1. The fraction of sp³-hybridized carbons (Fsp3) is 0. The van der Waals surface area contributed by atoms with Crippen molar-refractivity contribution in [3.8, 4) is 11.8 Å². The van der Waals surface area contributed by atoms with Gasteiger partial charge in [-0.2, -0.15) is 0 Å². The first kappa shape index (κ1) is 9.29. The molecular weight excluding hydrogens is 190 g/mol. The highest BCUT2D eigenvalue weighted by Crippen LogP contribution is 2.12. The zero-order chi connectivity index (χ0) is 9.84. The number of thiophene rings is 1. The van der Waals surface area contributed by atoms with Crippen LogP contribution >= 0.6 is 11.3 Å². The average molecular weight is 195 g/mol. The van der Waals surface area contributed by atoms with Crippen molar-refractivity contribution in [1.82, 2.24) is 0 Å². The third-order valence-electron chi connectivity index (χ3n) is 1.16. The van der Waals surface area contributed by atoms with E-state index in [-0.39, 0.29) is 5.56 Å². The number of nitrogens with two attached hydrogens (primary N) is 1. The van der Waals surface area contributed by atoms with E-state index in [1.165, 1.54) is 11.4 Å². The summed E-state index contributed by atoms with van der Waals surface area (Å²) >= 11 is 1.16. The van der Waals surface area contributed by atoms with Gasteiger partial charge in [-0.1, -0.05) is 0 Å². The van der Waals surface area contributed by atoms with Gasteiger partial charge in [0.05, 0.1) is 10.4 Å². The molecule has 0 radical (unpaired) electrons. The molecule has 0 fully saturated rings. The third kappa shape index (κ3) is 2.61. The summed E-state index contributed by atoms with van der Waals surface area (Å²) in [5.41, 5.74) is 4.95. The molecule has 0 aromatic carbocycles. The van der Waals surface area contributed by atoms with Crippen molar-refractivity contribution in [3.63, 3.8) is 0 Å². The number of carboxylic acid groups (broad SMARTS) is 1. The number of rotatable bonds is 1. The molecule has 0 aliphatic carbocycles. The van der Waals surface area contributed by atoms with Crippen molar-refractivity contribution in [3.05, 3.63) is 21.9 Å².